The monoisotopic (exact) mass is 388 g/mol. The van der Waals surface area contributed by atoms with Gasteiger partial charge in [-0.2, -0.15) is 5.10 Å². The molecule has 0 unspecified atom stereocenters. The highest BCUT2D eigenvalue weighted by Gasteiger charge is 2.16. The third kappa shape index (κ3) is 2.71. The Morgan fingerprint density at radius 1 is 1.00 bits per heavy atom. The molecule has 2 heterocycles. The molecule has 0 aliphatic heterocycles. The van der Waals surface area contributed by atoms with Gasteiger partial charge < -0.3 is 0 Å². The summed E-state index contributed by atoms with van der Waals surface area (Å²) >= 11 is 3.60. The molecule has 0 atom stereocenters. The van der Waals surface area contributed by atoms with E-state index in [2.05, 4.69) is 68.1 Å². The molecular weight excluding hydrogens is 376 g/mol. The minimum Gasteiger partial charge on any atom is -0.238 e. The lowest BCUT2D eigenvalue weighted by molar-refractivity contribution is 0.968. The summed E-state index contributed by atoms with van der Waals surface area (Å²) < 4.78 is 2.73. The van der Waals surface area contributed by atoms with E-state index in [4.69, 9.17) is 6.57 Å². The van der Waals surface area contributed by atoms with Crippen molar-refractivity contribution in [3.63, 3.8) is 0 Å². The van der Waals surface area contributed by atoms with Gasteiger partial charge in [0, 0.05) is 11.1 Å². The maximum Gasteiger partial charge on any atom is 0.187 e. The summed E-state index contributed by atoms with van der Waals surface area (Å²) in [4.78, 5) is 7.82. The van der Waals surface area contributed by atoms with Gasteiger partial charge in [-0.05, 0) is 34.5 Å². The summed E-state index contributed by atoms with van der Waals surface area (Å²) in [6, 6.07) is 18.0. The van der Waals surface area contributed by atoms with Crippen LogP contribution in [0.3, 0.4) is 0 Å². The third-order valence-electron chi connectivity index (χ3n) is 4.13. The number of halogens is 1. The average molecular weight is 389 g/mol. The normalized spacial score (nSPS) is 10.8. The van der Waals surface area contributed by atoms with E-state index in [0.29, 0.717) is 5.69 Å². The first kappa shape index (κ1) is 15.6. The highest BCUT2D eigenvalue weighted by Crippen LogP contribution is 2.36. The van der Waals surface area contributed by atoms with E-state index in [1.54, 1.807) is 6.33 Å². The molecule has 0 spiro atoms. The summed E-state index contributed by atoms with van der Waals surface area (Å²) in [6.07, 6.45) is 1.56. The first-order valence-corrected chi connectivity index (χ1v) is 8.54. The molecule has 0 saturated heterocycles. The topological polar surface area (TPSA) is 34.5 Å². The zero-order chi connectivity index (χ0) is 17.4. The molecule has 0 radical (unpaired) electrons. The summed E-state index contributed by atoms with van der Waals surface area (Å²) in [6.45, 7) is 9.20. The van der Waals surface area contributed by atoms with Crippen molar-refractivity contribution in [3.8, 4) is 22.4 Å². The molecule has 0 aliphatic carbocycles. The number of benzene rings is 2. The van der Waals surface area contributed by atoms with Gasteiger partial charge in [0.05, 0.1) is 16.7 Å². The fraction of sp³-hybridized carbons (Fsp3) is 0.0500. The van der Waals surface area contributed by atoms with Crippen molar-refractivity contribution in [1.29, 1.82) is 0 Å². The maximum absolute atomic E-state index is 7.13. The van der Waals surface area contributed by atoms with Gasteiger partial charge in [-0.1, -0.05) is 54.1 Å². The van der Waals surface area contributed by atoms with Gasteiger partial charge >= 0.3 is 0 Å². The van der Waals surface area contributed by atoms with Crippen LogP contribution in [0.25, 0.3) is 32.9 Å². The largest absolute Gasteiger partial charge is 0.238 e. The fourth-order valence-corrected chi connectivity index (χ4v) is 3.37. The van der Waals surface area contributed by atoms with Crippen LogP contribution in [0.1, 0.15) is 5.56 Å². The molecule has 4 aromatic rings. The zero-order valence-electron chi connectivity index (χ0n) is 13.4. The minimum absolute atomic E-state index is 0.626. The second kappa shape index (κ2) is 6.15. The van der Waals surface area contributed by atoms with Crippen LogP contribution in [0, 0.1) is 13.5 Å². The second-order valence-electron chi connectivity index (χ2n) is 5.77. The molecule has 2 aromatic heterocycles. The van der Waals surface area contributed by atoms with Crippen molar-refractivity contribution in [3.05, 3.63) is 82.4 Å². The van der Waals surface area contributed by atoms with Crippen molar-refractivity contribution < 1.29 is 0 Å². The Hall–Kier alpha value is -2.97. The van der Waals surface area contributed by atoms with Crippen LogP contribution >= 0.6 is 15.9 Å². The van der Waals surface area contributed by atoms with E-state index in [-0.39, 0.29) is 0 Å². The van der Waals surface area contributed by atoms with Crippen molar-refractivity contribution in [2.45, 2.75) is 6.92 Å². The van der Waals surface area contributed by atoms with Crippen molar-refractivity contribution in [2.75, 3.05) is 0 Å². The predicted octanol–water partition coefficient (Wildman–Crippen LogP) is 5.69. The first-order valence-electron chi connectivity index (χ1n) is 7.74. The molecule has 5 heteroatoms. The molecule has 0 saturated carbocycles. The lowest BCUT2D eigenvalue weighted by atomic mass is 9.98. The average Bonchev–Trinajstić information content (AvgIpc) is 3.13. The standard InChI is InChI=1S/C20H13BrN4/c1-13-3-5-15(6-4-13)19-17(14-7-9-16(22-2)10-8-14)11-18(21)20-23-12-24-25(19)20/h3-12H,1H3. The van der Waals surface area contributed by atoms with E-state index in [9.17, 15) is 0 Å². The van der Waals surface area contributed by atoms with E-state index in [1.807, 2.05) is 28.8 Å². The van der Waals surface area contributed by atoms with Crippen LogP contribution in [0.4, 0.5) is 5.69 Å². The van der Waals surface area contributed by atoms with Gasteiger partial charge in [0.25, 0.3) is 0 Å². The molecule has 0 bridgehead atoms. The quantitative estimate of drug-likeness (QED) is 0.413. The predicted molar refractivity (Wildman–Crippen MR) is 103 cm³/mol. The molecule has 4 rings (SSSR count). The van der Waals surface area contributed by atoms with Crippen LogP contribution in [0.5, 0.6) is 0 Å². The van der Waals surface area contributed by atoms with Crippen molar-refractivity contribution >= 4 is 27.3 Å². The number of aryl methyl sites for hydroxylation is 1. The van der Waals surface area contributed by atoms with Gasteiger partial charge in [-0.3, -0.25) is 0 Å². The first-order chi connectivity index (χ1) is 12.2. The second-order valence-corrected chi connectivity index (χ2v) is 6.63. The van der Waals surface area contributed by atoms with Gasteiger partial charge in [0.2, 0.25) is 0 Å². The molecule has 0 amide bonds. The van der Waals surface area contributed by atoms with E-state index in [0.717, 1.165) is 32.5 Å². The smallest absolute Gasteiger partial charge is 0.187 e. The molecule has 0 N–H and O–H groups in total. The van der Waals surface area contributed by atoms with E-state index in [1.165, 1.54) is 5.56 Å². The van der Waals surface area contributed by atoms with E-state index >= 15 is 0 Å². The highest BCUT2D eigenvalue weighted by atomic mass is 79.9. The van der Waals surface area contributed by atoms with Gasteiger partial charge in [0.1, 0.15) is 6.33 Å². The molecule has 4 nitrogen and oxygen atoms in total. The minimum atomic E-state index is 0.626. The highest BCUT2D eigenvalue weighted by molar-refractivity contribution is 9.10. The third-order valence-corrected chi connectivity index (χ3v) is 4.72. The SMILES string of the molecule is [C-]#[N+]c1ccc(-c2cc(Br)c3ncnn3c2-c2ccc(C)cc2)cc1. The lowest BCUT2D eigenvalue weighted by Crippen LogP contribution is -1.98. The number of hydrogen-bond donors (Lipinski definition) is 0. The van der Waals surface area contributed by atoms with Crippen LogP contribution < -0.4 is 0 Å². The molecule has 25 heavy (non-hydrogen) atoms. The summed E-state index contributed by atoms with van der Waals surface area (Å²) in [5, 5.41) is 4.43. The number of hydrogen-bond acceptors (Lipinski definition) is 2. The number of pyridine rings is 1. The Balaban J connectivity index is 2.04. The molecule has 2 aromatic carbocycles. The summed E-state index contributed by atoms with van der Waals surface area (Å²) in [5.41, 5.74) is 6.72. The van der Waals surface area contributed by atoms with Crippen LogP contribution in [-0.4, -0.2) is 14.6 Å². The summed E-state index contributed by atoms with van der Waals surface area (Å²) in [5.74, 6) is 0. The fourth-order valence-electron chi connectivity index (χ4n) is 2.87. The van der Waals surface area contributed by atoms with Crippen molar-refractivity contribution in [2.24, 2.45) is 0 Å². The molecule has 0 fully saturated rings. The zero-order valence-corrected chi connectivity index (χ0v) is 15.0. The molecule has 120 valence electrons. The lowest BCUT2D eigenvalue weighted by Gasteiger charge is -2.13. The Kier molecular flexibility index (Phi) is 3.83. The number of nitrogens with zero attached hydrogens (tertiary/aromatic N) is 4. The Labute approximate surface area is 153 Å². The Bertz CT molecular complexity index is 1100. The number of rotatable bonds is 2. The van der Waals surface area contributed by atoms with E-state index < -0.39 is 0 Å². The maximum atomic E-state index is 7.13. The number of fused-ring (bicyclic) bond motifs is 1. The van der Waals surface area contributed by atoms with Gasteiger partial charge in [-0.25, -0.2) is 14.3 Å². The Morgan fingerprint density at radius 2 is 1.68 bits per heavy atom. The molecule has 0 aliphatic rings. The molecular formula is C20H13BrN4. The summed E-state index contributed by atoms with van der Waals surface area (Å²) in [7, 11) is 0. The van der Waals surface area contributed by atoms with Crippen LogP contribution in [0.15, 0.2) is 65.4 Å². The van der Waals surface area contributed by atoms with Crippen molar-refractivity contribution in [1.82, 2.24) is 14.6 Å². The van der Waals surface area contributed by atoms with Crippen LogP contribution in [0.2, 0.25) is 0 Å². The van der Waals surface area contributed by atoms with Crippen LogP contribution in [-0.2, 0) is 0 Å². The Morgan fingerprint density at radius 3 is 2.36 bits per heavy atom. The van der Waals surface area contributed by atoms with Gasteiger partial charge in [0.15, 0.2) is 11.3 Å². The number of aromatic nitrogens is 3. The van der Waals surface area contributed by atoms with Gasteiger partial charge in [-0.15, -0.1) is 0 Å².